The Morgan fingerprint density at radius 2 is 1.95 bits per heavy atom. The molecular formula is C16H24IN3. The smallest absolute Gasteiger partial charge is 0.143 e. The third-order valence-electron chi connectivity index (χ3n) is 4.70. The van der Waals surface area contributed by atoms with Crippen molar-refractivity contribution in [1.29, 1.82) is 0 Å². The van der Waals surface area contributed by atoms with Gasteiger partial charge in [0.15, 0.2) is 0 Å². The van der Waals surface area contributed by atoms with Gasteiger partial charge in [-0.25, -0.2) is 9.97 Å². The lowest BCUT2D eigenvalue weighted by Crippen LogP contribution is -2.16. The van der Waals surface area contributed by atoms with Crippen LogP contribution in [0.3, 0.4) is 0 Å². The molecular weight excluding hydrogens is 361 g/mol. The van der Waals surface area contributed by atoms with E-state index >= 15 is 0 Å². The Morgan fingerprint density at radius 1 is 1.25 bits per heavy atom. The van der Waals surface area contributed by atoms with Crippen molar-refractivity contribution in [3.05, 3.63) is 15.1 Å². The van der Waals surface area contributed by atoms with Crippen LogP contribution in [0.4, 0.5) is 5.82 Å². The van der Waals surface area contributed by atoms with Gasteiger partial charge in [0.2, 0.25) is 0 Å². The predicted molar refractivity (Wildman–Crippen MR) is 91.3 cm³/mol. The fourth-order valence-corrected chi connectivity index (χ4v) is 3.85. The molecule has 3 rings (SSSR count). The molecule has 0 aliphatic heterocycles. The van der Waals surface area contributed by atoms with E-state index in [-0.39, 0.29) is 5.41 Å². The van der Waals surface area contributed by atoms with Gasteiger partial charge in [-0.3, -0.25) is 0 Å². The molecule has 1 heterocycles. The lowest BCUT2D eigenvalue weighted by molar-refractivity contribution is 0.645. The highest BCUT2D eigenvalue weighted by Gasteiger charge is 2.43. The summed E-state index contributed by atoms with van der Waals surface area (Å²) in [5, 5.41) is 3.51. The molecule has 20 heavy (non-hydrogen) atoms. The Labute approximate surface area is 135 Å². The molecule has 2 aliphatic carbocycles. The second kappa shape index (κ2) is 5.78. The first-order valence-corrected chi connectivity index (χ1v) is 9.04. The zero-order chi connectivity index (χ0) is 14.2. The predicted octanol–water partition coefficient (Wildman–Crippen LogP) is 4.61. The van der Waals surface area contributed by atoms with Crippen LogP contribution in [0.5, 0.6) is 0 Å². The van der Waals surface area contributed by atoms with E-state index in [9.17, 15) is 0 Å². The summed E-state index contributed by atoms with van der Waals surface area (Å²) in [6, 6.07) is 0. The minimum absolute atomic E-state index is 0.250. The number of halogens is 1. The third-order valence-corrected chi connectivity index (χ3v) is 5.76. The maximum atomic E-state index is 5.00. The number of aromatic nitrogens is 2. The number of hydrogen-bond acceptors (Lipinski definition) is 3. The lowest BCUT2D eigenvalue weighted by Gasteiger charge is -2.18. The number of anilines is 1. The third kappa shape index (κ3) is 2.81. The molecule has 1 aromatic rings. The van der Waals surface area contributed by atoms with Crippen molar-refractivity contribution >= 4 is 28.4 Å². The molecule has 1 aromatic heterocycles. The molecule has 110 valence electrons. The molecule has 0 aromatic carbocycles. The van der Waals surface area contributed by atoms with Gasteiger partial charge in [-0.05, 0) is 54.7 Å². The summed E-state index contributed by atoms with van der Waals surface area (Å²) in [6.07, 6.45) is 8.93. The van der Waals surface area contributed by atoms with E-state index in [0.717, 1.165) is 24.6 Å². The van der Waals surface area contributed by atoms with Crippen LogP contribution in [0.2, 0.25) is 0 Å². The summed E-state index contributed by atoms with van der Waals surface area (Å²) >= 11 is 2.45. The molecule has 0 spiro atoms. The highest BCUT2D eigenvalue weighted by Crippen LogP contribution is 2.47. The van der Waals surface area contributed by atoms with Gasteiger partial charge >= 0.3 is 0 Å². The first kappa shape index (κ1) is 14.5. The first-order chi connectivity index (χ1) is 9.64. The second-order valence-corrected chi connectivity index (χ2v) is 7.64. The average Bonchev–Trinajstić information content (AvgIpc) is 2.99. The van der Waals surface area contributed by atoms with Crippen LogP contribution in [-0.4, -0.2) is 16.5 Å². The molecule has 0 bridgehead atoms. The Morgan fingerprint density at radius 3 is 2.55 bits per heavy atom. The number of nitrogens with zero attached hydrogens (tertiary/aromatic N) is 2. The van der Waals surface area contributed by atoms with Crippen LogP contribution in [0.25, 0.3) is 0 Å². The quantitative estimate of drug-likeness (QED) is 0.753. The highest BCUT2D eigenvalue weighted by molar-refractivity contribution is 14.1. The number of hydrogen-bond donors (Lipinski definition) is 1. The van der Waals surface area contributed by atoms with Crippen molar-refractivity contribution in [2.45, 2.75) is 70.1 Å². The molecule has 0 amide bonds. The van der Waals surface area contributed by atoms with Gasteiger partial charge < -0.3 is 5.32 Å². The van der Waals surface area contributed by atoms with Crippen LogP contribution < -0.4 is 5.32 Å². The van der Waals surface area contributed by atoms with Crippen LogP contribution in [0.1, 0.15) is 76.2 Å². The summed E-state index contributed by atoms with van der Waals surface area (Å²) in [5.41, 5.74) is 1.57. The number of rotatable bonds is 5. The SMILES string of the molecule is CCCNc1nc(C2(C)CC2)nc(C2CCCC2)c1I. The van der Waals surface area contributed by atoms with E-state index in [1.165, 1.54) is 47.8 Å². The van der Waals surface area contributed by atoms with E-state index < -0.39 is 0 Å². The molecule has 2 aliphatic rings. The maximum absolute atomic E-state index is 5.00. The Bertz CT molecular complexity index is 491. The van der Waals surface area contributed by atoms with Gasteiger partial charge in [0.1, 0.15) is 11.6 Å². The van der Waals surface area contributed by atoms with E-state index in [0.29, 0.717) is 5.92 Å². The standard InChI is InChI=1S/C16H24IN3/c1-3-10-18-14-12(17)13(11-6-4-5-7-11)19-15(20-14)16(2)8-9-16/h11H,3-10H2,1-2H3,(H,18,19,20). The van der Waals surface area contributed by atoms with Gasteiger partial charge in [-0.1, -0.05) is 26.7 Å². The van der Waals surface area contributed by atoms with Crippen LogP contribution in [0.15, 0.2) is 0 Å². The summed E-state index contributed by atoms with van der Waals surface area (Å²) in [6.45, 7) is 5.49. The molecule has 0 radical (unpaired) electrons. The highest BCUT2D eigenvalue weighted by atomic mass is 127. The van der Waals surface area contributed by atoms with Crippen LogP contribution in [-0.2, 0) is 5.41 Å². The number of nitrogens with one attached hydrogen (secondary N) is 1. The van der Waals surface area contributed by atoms with Crippen molar-refractivity contribution in [2.75, 3.05) is 11.9 Å². The fraction of sp³-hybridized carbons (Fsp3) is 0.750. The minimum atomic E-state index is 0.250. The van der Waals surface area contributed by atoms with Crippen molar-refractivity contribution < 1.29 is 0 Å². The first-order valence-electron chi connectivity index (χ1n) is 7.96. The van der Waals surface area contributed by atoms with Gasteiger partial charge in [0.05, 0.1) is 9.26 Å². The maximum Gasteiger partial charge on any atom is 0.143 e. The zero-order valence-corrected chi connectivity index (χ0v) is 14.7. The zero-order valence-electron chi connectivity index (χ0n) is 12.5. The summed E-state index contributed by atoms with van der Waals surface area (Å²) < 4.78 is 1.26. The van der Waals surface area contributed by atoms with Crippen molar-refractivity contribution in [3.63, 3.8) is 0 Å². The van der Waals surface area contributed by atoms with Crippen LogP contribution in [0, 0.1) is 3.57 Å². The van der Waals surface area contributed by atoms with Gasteiger partial charge in [-0.15, -0.1) is 0 Å². The van der Waals surface area contributed by atoms with Crippen molar-refractivity contribution in [1.82, 2.24) is 9.97 Å². The van der Waals surface area contributed by atoms with E-state index in [2.05, 4.69) is 41.8 Å². The topological polar surface area (TPSA) is 37.8 Å². The van der Waals surface area contributed by atoms with Crippen molar-refractivity contribution in [2.24, 2.45) is 0 Å². The largest absolute Gasteiger partial charge is 0.369 e. The normalized spacial score (nSPS) is 21.1. The summed E-state index contributed by atoms with van der Waals surface area (Å²) in [5.74, 6) is 2.82. The van der Waals surface area contributed by atoms with Crippen molar-refractivity contribution in [3.8, 4) is 0 Å². The molecule has 1 N–H and O–H groups in total. The summed E-state index contributed by atoms with van der Waals surface area (Å²) in [7, 11) is 0. The molecule has 0 atom stereocenters. The monoisotopic (exact) mass is 385 g/mol. The van der Waals surface area contributed by atoms with E-state index in [1.54, 1.807) is 0 Å². The molecule has 4 heteroatoms. The van der Waals surface area contributed by atoms with E-state index in [4.69, 9.17) is 9.97 Å². The Hall–Kier alpha value is -0.390. The molecule has 3 nitrogen and oxygen atoms in total. The van der Waals surface area contributed by atoms with Crippen LogP contribution >= 0.6 is 22.6 Å². The molecule has 0 saturated heterocycles. The molecule has 2 fully saturated rings. The molecule has 0 unspecified atom stereocenters. The minimum Gasteiger partial charge on any atom is -0.369 e. The van der Waals surface area contributed by atoms with E-state index in [1.807, 2.05) is 0 Å². The van der Waals surface area contributed by atoms with Gasteiger partial charge in [0.25, 0.3) is 0 Å². The Balaban J connectivity index is 1.97. The fourth-order valence-electron chi connectivity index (χ4n) is 2.98. The Kier molecular flexibility index (Phi) is 4.20. The van der Waals surface area contributed by atoms with Gasteiger partial charge in [-0.2, -0.15) is 0 Å². The second-order valence-electron chi connectivity index (χ2n) is 6.56. The summed E-state index contributed by atoms with van der Waals surface area (Å²) in [4.78, 5) is 9.84. The molecule has 2 saturated carbocycles. The lowest BCUT2D eigenvalue weighted by atomic mass is 10.0. The average molecular weight is 385 g/mol. The van der Waals surface area contributed by atoms with Gasteiger partial charge in [0, 0.05) is 17.9 Å².